The second-order valence-corrected chi connectivity index (χ2v) is 4.48. The molecule has 3 heterocycles. The van der Waals surface area contributed by atoms with Crippen molar-refractivity contribution in [3.05, 3.63) is 12.4 Å². The summed E-state index contributed by atoms with van der Waals surface area (Å²) in [5.41, 5.74) is 0.651. The Balaban J connectivity index is 1.48. The van der Waals surface area contributed by atoms with Crippen molar-refractivity contribution in [2.24, 2.45) is 0 Å². The quantitative estimate of drug-likeness (QED) is 0.739. The first-order valence-electron chi connectivity index (χ1n) is 6.49. The third-order valence-corrected chi connectivity index (χ3v) is 3.17. The fraction of sp³-hybridized carbons (Fsp3) is 0.636. The van der Waals surface area contributed by atoms with Crippen LogP contribution in [-0.2, 0) is 4.74 Å². The molecule has 0 atom stereocenters. The number of nitrogens with one attached hydrogen (secondary N) is 1. The average molecular weight is 263 g/mol. The van der Waals surface area contributed by atoms with Crippen LogP contribution in [0.4, 0.5) is 5.82 Å². The number of aromatic nitrogens is 5. The Morgan fingerprint density at radius 2 is 2.16 bits per heavy atom. The molecule has 1 N–H and O–H groups in total. The van der Waals surface area contributed by atoms with Crippen LogP contribution < -0.4 is 5.32 Å². The molecule has 3 rings (SSSR count). The Bertz CT molecular complexity index is 522. The van der Waals surface area contributed by atoms with Gasteiger partial charge in [-0.2, -0.15) is 4.52 Å². The van der Waals surface area contributed by atoms with Gasteiger partial charge < -0.3 is 10.1 Å². The molecule has 0 aromatic carbocycles. The van der Waals surface area contributed by atoms with Gasteiger partial charge >= 0.3 is 0 Å². The van der Waals surface area contributed by atoms with Gasteiger partial charge in [-0.25, -0.2) is 0 Å². The normalized spacial score (nSPS) is 16.8. The highest BCUT2D eigenvalue weighted by Gasteiger charge is 2.09. The van der Waals surface area contributed by atoms with Gasteiger partial charge in [-0.15, -0.1) is 5.10 Å². The van der Waals surface area contributed by atoms with E-state index in [4.69, 9.17) is 4.74 Å². The maximum absolute atomic E-state index is 5.32. The van der Waals surface area contributed by atoms with Gasteiger partial charge in [0.05, 0.1) is 25.6 Å². The van der Waals surface area contributed by atoms with Crippen LogP contribution in [-0.4, -0.2) is 69.3 Å². The third-order valence-electron chi connectivity index (χ3n) is 3.17. The second-order valence-electron chi connectivity index (χ2n) is 4.48. The summed E-state index contributed by atoms with van der Waals surface area (Å²) in [6.45, 7) is 5.71. The van der Waals surface area contributed by atoms with Crippen molar-refractivity contribution in [3.8, 4) is 0 Å². The van der Waals surface area contributed by atoms with Crippen LogP contribution in [0.1, 0.15) is 6.42 Å². The zero-order chi connectivity index (χ0) is 12.9. The lowest BCUT2D eigenvalue weighted by Gasteiger charge is -2.26. The van der Waals surface area contributed by atoms with E-state index in [1.807, 2.05) is 0 Å². The molecule has 2 aromatic heterocycles. The molecule has 1 aliphatic rings. The molecule has 0 amide bonds. The average Bonchev–Trinajstić information content (AvgIpc) is 2.94. The molecule has 2 aromatic rings. The molecule has 0 radical (unpaired) electrons. The van der Waals surface area contributed by atoms with Crippen molar-refractivity contribution < 1.29 is 4.74 Å². The predicted octanol–water partition coefficient (Wildman–Crippen LogP) is -0.347. The van der Waals surface area contributed by atoms with Crippen LogP contribution in [0.2, 0.25) is 0 Å². The summed E-state index contributed by atoms with van der Waals surface area (Å²) in [5, 5.41) is 14.7. The minimum absolute atomic E-state index is 0.651. The lowest BCUT2D eigenvalue weighted by Crippen LogP contribution is -2.37. The fourth-order valence-corrected chi connectivity index (χ4v) is 2.14. The zero-order valence-electron chi connectivity index (χ0n) is 10.7. The van der Waals surface area contributed by atoms with Gasteiger partial charge in [0, 0.05) is 19.6 Å². The highest BCUT2D eigenvalue weighted by Crippen LogP contribution is 2.06. The Morgan fingerprint density at radius 3 is 3.05 bits per heavy atom. The van der Waals surface area contributed by atoms with E-state index in [0.717, 1.165) is 51.6 Å². The molecular formula is C11H17N7O. The molecule has 19 heavy (non-hydrogen) atoms. The molecule has 102 valence electrons. The summed E-state index contributed by atoms with van der Waals surface area (Å²) in [4.78, 5) is 6.52. The second kappa shape index (κ2) is 5.89. The summed E-state index contributed by atoms with van der Waals surface area (Å²) >= 11 is 0. The molecule has 1 aliphatic heterocycles. The fourth-order valence-electron chi connectivity index (χ4n) is 2.14. The van der Waals surface area contributed by atoms with Crippen molar-refractivity contribution in [1.82, 2.24) is 29.9 Å². The van der Waals surface area contributed by atoms with Gasteiger partial charge in [-0.05, 0) is 23.4 Å². The number of hydrogen-bond acceptors (Lipinski definition) is 7. The van der Waals surface area contributed by atoms with Crippen LogP contribution in [0.15, 0.2) is 12.4 Å². The Hall–Kier alpha value is -1.80. The van der Waals surface area contributed by atoms with Gasteiger partial charge in [-0.3, -0.25) is 9.88 Å². The van der Waals surface area contributed by atoms with Crippen LogP contribution >= 0.6 is 0 Å². The smallest absolute Gasteiger partial charge is 0.199 e. The number of rotatable bonds is 5. The molecular weight excluding hydrogens is 246 g/mol. The molecule has 1 fully saturated rings. The highest BCUT2D eigenvalue weighted by atomic mass is 16.5. The number of anilines is 1. The topological polar surface area (TPSA) is 80.5 Å². The van der Waals surface area contributed by atoms with E-state index in [9.17, 15) is 0 Å². The van der Waals surface area contributed by atoms with Crippen molar-refractivity contribution in [1.29, 1.82) is 0 Å². The Kier molecular flexibility index (Phi) is 3.80. The molecule has 0 spiro atoms. The van der Waals surface area contributed by atoms with E-state index in [1.165, 1.54) is 0 Å². The van der Waals surface area contributed by atoms with E-state index >= 15 is 0 Å². The van der Waals surface area contributed by atoms with Crippen LogP contribution in [0.3, 0.4) is 0 Å². The maximum Gasteiger partial charge on any atom is 0.199 e. The monoisotopic (exact) mass is 263 g/mol. The number of hydrogen-bond donors (Lipinski definition) is 1. The van der Waals surface area contributed by atoms with Gasteiger partial charge in [0.25, 0.3) is 0 Å². The number of tetrazole rings is 1. The summed E-state index contributed by atoms with van der Waals surface area (Å²) in [6.07, 6.45) is 4.44. The summed E-state index contributed by atoms with van der Waals surface area (Å²) in [7, 11) is 0. The zero-order valence-corrected chi connectivity index (χ0v) is 10.7. The van der Waals surface area contributed by atoms with Gasteiger partial charge in [0.2, 0.25) is 0 Å². The Morgan fingerprint density at radius 1 is 1.26 bits per heavy atom. The molecule has 8 nitrogen and oxygen atoms in total. The van der Waals surface area contributed by atoms with Crippen LogP contribution in [0, 0.1) is 0 Å². The van der Waals surface area contributed by atoms with E-state index < -0.39 is 0 Å². The summed E-state index contributed by atoms with van der Waals surface area (Å²) in [6, 6.07) is 0. The number of ether oxygens (including phenoxy) is 1. The minimum atomic E-state index is 0.651. The van der Waals surface area contributed by atoms with Gasteiger partial charge in [-0.1, -0.05) is 0 Å². The first kappa shape index (κ1) is 12.2. The third kappa shape index (κ3) is 2.96. The number of nitrogens with zero attached hydrogens (tertiary/aromatic N) is 6. The summed E-state index contributed by atoms with van der Waals surface area (Å²) in [5.74, 6) is 0.824. The predicted molar refractivity (Wildman–Crippen MR) is 68.9 cm³/mol. The number of morpholine rings is 1. The standard InChI is InChI=1S/C11H17N7O/c1(3-17-4-6-19-7-5-17)2-13-10-8-12-9-11-14-15-16-18(10)11/h8-9,13H,1-7H2. The van der Waals surface area contributed by atoms with Crippen molar-refractivity contribution >= 4 is 11.5 Å². The SMILES string of the molecule is c1ncc2nnnn2c1NCCCN1CCOCC1. The first-order chi connectivity index (χ1) is 9.43. The Labute approximate surface area is 110 Å². The molecule has 8 heteroatoms. The summed E-state index contributed by atoms with van der Waals surface area (Å²) < 4.78 is 6.98. The highest BCUT2D eigenvalue weighted by molar-refractivity contribution is 5.43. The van der Waals surface area contributed by atoms with Crippen LogP contribution in [0.25, 0.3) is 5.65 Å². The van der Waals surface area contributed by atoms with Gasteiger partial charge in [0.15, 0.2) is 5.65 Å². The molecule has 0 saturated carbocycles. The minimum Gasteiger partial charge on any atom is -0.379 e. The first-order valence-corrected chi connectivity index (χ1v) is 6.49. The molecule has 1 saturated heterocycles. The largest absolute Gasteiger partial charge is 0.379 e. The van der Waals surface area contributed by atoms with E-state index in [2.05, 4.69) is 30.7 Å². The van der Waals surface area contributed by atoms with Crippen LogP contribution in [0.5, 0.6) is 0 Å². The van der Waals surface area contributed by atoms with E-state index in [0.29, 0.717) is 5.65 Å². The lowest BCUT2D eigenvalue weighted by molar-refractivity contribution is 0.0378. The van der Waals surface area contributed by atoms with Crippen molar-refractivity contribution in [3.63, 3.8) is 0 Å². The number of fused-ring (bicyclic) bond motifs is 1. The van der Waals surface area contributed by atoms with E-state index in [1.54, 1.807) is 16.9 Å². The lowest BCUT2D eigenvalue weighted by atomic mass is 10.3. The maximum atomic E-state index is 5.32. The van der Waals surface area contributed by atoms with Gasteiger partial charge in [0.1, 0.15) is 5.82 Å². The van der Waals surface area contributed by atoms with E-state index in [-0.39, 0.29) is 0 Å². The van der Waals surface area contributed by atoms with Crippen molar-refractivity contribution in [2.45, 2.75) is 6.42 Å². The molecule has 0 unspecified atom stereocenters. The molecule has 0 aliphatic carbocycles. The van der Waals surface area contributed by atoms with Crippen molar-refractivity contribution in [2.75, 3.05) is 44.7 Å². The molecule has 0 bridgehead atoms.